The van der Waals surface area contributed by atoms with Crippen LogP contribution in [0.1, 0.15) is 36.0 Å². The molecule has 0 aliphatic heterocycles. The summed E-state index contributed by atoms with van der Waals surface area (Å²) in [6.45, 7) is 0.255. The maximum Gasteiger partial charge on any atom is 0.251 e. The molecule has 3 rings (SSSR count). The van der Waals surface area contributed by atoms with Gasteiger partial charge in [-0.25, -0.2) is 4.98 Å². The van der Waals surface area contributed by atoms with E-state index < -0.39 is 0 Å². The number of amides is 1. The van der Waals surface area contributed by atoms with Gasteiger partial charge >= 0.3 is 0 Å². The number of carbonyl (C=O) groups excluding carboxylic acids is 1. The van der Waals surface area contributed by atoms with Crippen LogP contribution in [-0.2, 0) is 0 Å². The molecule has 1 heterocycles. The lowest BCUT2D eigenvalue weighted by molar-refractivity contribution is 0.0914. The van der Waals surface area contributed by atoms with Crippen molar-refractivity contribution in [3.63, 3.8) is 0 Å². The van der Waals surface area contributed by atoms with Crippen molar-refractivity contribution in [3.8, 4) is 5.69 Å². The minimum Gasteiger partial charge on any atom is -0.396 e. The van der Waals surface area contributed by atoms with Crippen LogP contribution in [-0.4, -0.2) is 39.5 Å². The number of thioether (sulfide) groups is 1. The molecular formula is C18H23N3O2S. The van der Waals surface area contributed by atoms with Crippen LogP contribution >= 0.6 is 11.8 Å². The molecule has 6 heteroatoms. The molecule has 1 aliphatic rings. The highest BCUT2D eigenvalue weighted by Gasteiger charge is 2.22. The number of aliphatic hydroxyl groups excluding tert-OH is 1. The zero-order valence-corrected chi connectivity index (χ0v) is 14.6. The van der Waals surface area contributed by atoms with Gasteiger partial charge in [0.15, 0.2) is 5.16 Å². The molecule has 5 nitrogen and oxygen atoms in total. The third-order valence-electron chi connectivity index (χ3n) is 4.62. The number of hydrogen-bond acceptors (Lipinski definition) is 4. The minimum absolute atomic E-state index is 0.0323. The van der Waals surface area contributed by atoms with Crippen LogP contribution in [0.4, 0.5) is 0 Å². The third kappa shape index (κ3) is 3.82. The van der Waals surface area contributed by atoms with E-state index in [9.17, 15) is 9.90 Å². The molecule has 1 aromatic heterocycles. The second-order valence-corrected chi connectivity index (χ2v) is 6.98. The zero-order valence-electron chi connectivity index (χ0n) is 13.8. The monoisotopic (exact) mass is 345 g/mol. The Labute approximate surface area is 146 Å². The van der Waals surface area contributed by atoms with Gasteiger partial charge in [0.1, 0.15) is 0 Å². The fourth-order valence-corrected chi connectivity index (χ4v) is 3.72. The number of imidazole rings is 1. The van der Waals surface area contributed by atoms with Crippen molar-refractivity contribution in [1.29, 1.82) is 0 Å². The van der Waals surface area contributed by atoms with Crippen LogP contribution in [0.2, 0.25) is 0 Å². The lowest BCUT2D eigenvalue weighted by Crippen LogP contribution is -2.38. The Morgan fingerprint density at radius 1 is 1.38 bits per heavy atom. The second-order valence-electron chi connectivity index (χ2n) is 6.21. The average Bonchev–Trinajstić information content (AvgIpc) is 3.11. The van der Waals surface area contributed by atoms with E-state index in [4.69, 9.17) is 0 Å². The van der Waals surface area contributed by atoms with E-state index in [0.29, 0.717) is 11.5 Å². The molecule has 0 bridgehead atoms. The van der Waals surface area contributed by atoms with Crippen molar-refractivity contribution in [2.24, 2.45) is 5.92 Å². The molecule has 0 saturated heterocycles. The van der Waals surface area contributed by atoms with E-state index in [2.05, 4.69) is 10.3 Å². The summed E-state index contributed by atoms with van der Waals surface area (Å²) in [7, 11) is 0. The molecule has 0 radical (unpaired) electrons. The van der Waals surface area contributed by atoms with Crippen molar-refractivity contribution in [2.45, 2.75) is 36.9 Å². The predicted octanol–water partition coefficient (Wildman–Crippen LogP) is 2.88. The van der Waals surface area contributed by atoms with E-state index in [0.717, 1.165) is 36.5 Å². The Hall–Kier alpha value is -1.79. The smallest absolute Gasteiger partial charge is 0.251 e. The Morgan fingerprint density at radius 3 is 2.88 bits per heavy atom. The second kappa shape index (κ2) is 7.85. The highest BCUT2D eigenvalue weighted by atomic mass is 32.2. The first-order chi connectivity index (χ1) is 11.7. The fourth-order valence-electron chi connectivity index (χ4n) is 3.19. The van der Waals surface area contributed by atoms with Gasteiger partial charge in [0.05, 0.1) is 0 Å². The molecule has 2 aromatic rings. The van der Waals surface area contributed by atoms with Crippen LogP contribution in [0.3, 0.4) is 0 Å². The summed E-state index contributed by atoms with van der Waals surface area (Å²) in [5.74, 6) is 0.364. The van der Waals surface area contributed by atoms with Crippen molar-refractivity contribution in [2.75, 3.05) is 12.9 Å². The van der Waals surface area contributed by atoms with Gasteiger partial charge in [0.25, 0.3) is 5.91 Å². The number of rotatable bonds is 5. The summed E-state index contributed by atoms with van der Waals surface area (Å²) in [6, 6.07) is 7.82. The summed E-state index contributed by atoms with van der Waals surface area (Å²) in [6.07, 6.45) is 9.49. The van der Waals surface area contributed by atoms with E-state index in [1.165, 1.54) is 0 Å². The fraction of sp³-hybridized carbons (Fsp3) is 0.444. The van der Waals surface area contributed by atoms with Crippen molar-refractivity contribution < 1.29 is 9.90 Å². The van der Waals surface area contributed by atoms with Crippen molar-refractivity contribution in [3.05, 3.63) is 42.2 Å². The van der Waals surface area contributed by atoms with Gasteiger partial charge in [0, 0.05) is 36.3 Å². The molecule has 0 unspecified atom stereocenters. The number of benzene rings is 1. The van der Waals surface area contributed by atoms with Crippen LogP contribution in [0.5, 0.6) is 0 Å². The predicted molar refractivity (Wildman–Crippen MR) is 95.6 cm³/mol. The highest BCUT2D eigenvalue weighted by molar-refractivity contribution is 7.98. The van der Waals surface area contributed by atoms with Gasteiger partial charge in [-0.3, -0.25) is 9.36 Å². The summed E-state index contributed by atoms with van der Waals surface area (Å²) < 4.78 is 1.98. The molecule has 2 N–H and O–H groups in total. The van der Waals surface area contributed by atoms with E-state index in [-0.39, 0.29) is 18.6 Å². The number of carbonyl (C=O) groups is 1. The Bertz CT molecular complexity index is 693. The quantitative estimate of drug-likeness (QED) is 0.818. The first kappa shape index (κ1) is 17.0. The normalized spacial score (nSPS) is 20.8. The molecule has 1 aliphatic carbocycles. The van der Waals surface area contributed by atoms with Crippen LogP contribution in [0, 0.1) is 5.92 Å². The van der Waals surface area contributed by atoms with E-state index in [1.54, 1.807) is 18.0 Å². The SMILES string of the molecule is CSc1nccn1-c1cccc(C(=O)NC2CCC(CO)CC2)c1. The summed E-state index contributed by atoms with van der Waals surface area (Å²) >= 11 is 1.57. The lowest BCUT2D eigenvalue weighted by atomic mass is 9.86. The summed E-state index contributed by atoms with van der Waals surface area (Å²) in [5, 5.41) is 13.2. The minimum atomic E-state index is -0.0323. The van der Waals surface area contributed by atoms with Gasteiger partial charge in [-0.2, -0.15) is 0 Å². The molecular weight excluding hydrogens is 322 g/mol. The standard InChI is InChI=1S/C18H23N3O2S/c1-24-18-19-9-10-21(18)16-4-2-3-14(11-16)17(23)20-15-7-5-13(12-22)6-8-15/h2-4,9-11,13,15,22H,5-8,12H2,1H3,(H,20,23). The van der Waals surface area contributed by atoms with Gasteiger partial charge in [-0.15, -0.1) is 0 Å². The first-order valence-corrected chi connectivity index (χ1v) is 9.53. The topological polar surface area (TPSA) is 67.2 Å². The van der Waals surface area contributed by atoms with Crippen LogP contribution in [0.25, 0.3) is 5.69 Å². The van der Waals surface area contributed by atoms with Gasteiger partial charge in [-0.1, -0.05) is 17.8 Å². The van der Waals surface area contributed by atoms with Gasteiger partial charge in [0.2, 0.25) is 0 Å². The van der Waals surface area contributed by atoms with Crippen LogP contribution in [0.15, 0.2) is 41.8 Å². The van der Waals surface area contributed by atoms with Crippen LogP contribution < -0.4 is 5.32 Å². The Balaban J connectivity index is 1.69. The molecule has 1 amide bonds. The van der Waals surface area contributed by atoms with Gasteiger partial charge in [-0.05, 0) is 56.1 Å². The number of hydrogen-bond donors (Lipinski definition) is 2. The molecule has 0 spiro atoms. The number of aromatic nitrogens is 2. The van der Waals surface area contributed by atoms with Crippen molar-refractivity contribution in [1.82, 2.24) is 14.9 Å². The number of nitrogens with one attached hydrogen (secondary N) is 1. The number of nitrogens with zero attached hydrogens (tertiary/aromatic N) is 2. The summed E-state index contributed by atoms with van der Waals surface area (Å²) in [5.41, 5.74) is 1.60. The van der Waals surface area contributed by atoms with Gasteiger partial charge < -0.3 is 10.4 Å². The highest BCUT2D eigenvalue weighted by Crippen LogP contribution is 2.24. The summed E-state index contributed by atoms with van der Waals surface area (Å²) in [4.78, 5) is 16.8. The maximum absolute atomic E-state index is 12.5. The molecule has 1 saturated carbocycles. The average molecular weight is 345 g/mol. The lowest BCUT2D eigenvalue weighted by Gasteiger charge is -2.28. The first-order valence-electron chi connectivity index (χ1n) is 8.30. The molecule has 24 heavy (non-hydrogen) atoms. The largest absolute Gasteiger partial charge is 0.396 e. The zero-order chi connectivity index (χ0) is 16.9. The Kier molecular flexibility index (Phi) is 5.58. The maximum atomic E-state index is 12.5. The third-order valence-corrected chi connectivity index (χ3v) is 5.28. The van der Waals surface area contributed by atoms with E-state index in [1.807, 2.05) is 41.3 Å². The molecule has 1 fully saturated rings. The van der Waals surface area contributed by atoms with E-state index >= 15 is 0 Å². The van der Waals surface area contributed by atoms with Crippen molar-refractivity contribution >= 4 is 17.7 Å². The Morgan fingerprint density at radius 2 is 2.17 bits per heavy atom. The molecule has 128 valence electrons. The molecule has 0 atom stereocenters. The number of aliphatic hydroxyl groups is 1. The molecule has 1 aromatic carbocycles.